The predicted octanol–water partition coefficient (Wildman–Crippen LogP) is 3.35. The molecule has 7 nitrogen and oxygen atoms in total. The van der Waals surface area contributed by atoms with Gasteiger partial charge in [-0.1, -0.05) is 30.3 Å². The highest BCUT2D eigenvalue weighted by Crippen LogP contribution is 2.22. The first-order valence-corrected chi connectivity index (χ1v) is 11.4. The minimum absolute atomic E-state index is 0.780. The zero-order valence-electron chi connectivity index (χ0n) is 18.9. The summed E-state index contributed by atoms with van der Waals surface area (Å²) in [7, 11) is 0. The summed E-state index contributed by atoms with van der Waals surface area (Å²) in [5, 5.41) is 4.54. The summed E-state index contributed by atoms with van der Waals surface area (Å²) in [5.41, 5.74) is 4.54. The van der Waals surface area contributed by atoms with Gasteiger partial charge >= 0.3 is 0 Å². The molecule has 5 rings (SSSR count). The molecule has 0 amide bonds. The van der Waals surface area contributed by atoms with Gasteiger partial charge in [-0.05, 0) is 44.0 Å². The van der Waals surface area contributed by atoms with Crippen molar-refractivity contribution >= 4 is 11.0 Å². The second-order valence-corrected chi connectivity index (χ2v) is 8.41. The number of nitrogens with zero attached hydrogens (tertiary/aromatic N) is 6. The van der Waals surface area contributed by atoms with Gasteiger partial charge in [0.2, 0.25) is 0 Å². The molecule has 1 aliphatic heterocycles. The number of morpholine rings is 1. The number of ether oxygens (including phenoxy) is 1. The van der Waals surface area contributed by atoms with Gasteiger partial charge in [0.05, 0.1) is 29.9 Å². The highest BCUT2D eigenvalue weighted by Gasteiger charge is 2.16. The van der Waals surface area contributed by atoms with Crippen LogP contribution in [0.25, 0.3) is 16.7 Å². The molecule has 1 saturated heterocycles. The first kappa shape index (κ1) is 20.8. The molecule has 2 aromatic carbocycles. The molecular weight excluding hydrogens is 400 g/mol. The standard InChI is InChI=1S/C25H30N6O/c1-19-26-20(2)31(28-19)22-9-10-24-23(18-22)27-25(11-8-21-6-4-3-5-7-21)30(24)13-12-29-14-16-32-17-15-29/h3-7,9-10,18H,8,11-17H2,1-2H3. The van der Waals surface area contributed by atoms with E-state index in [2.05, 4.69) is 68.1 Å². The smallest absolute Gasteiger partial charge is 0.148 e. The van der Waals surface area contributed by atoms with Crippen LogP contribution in [0.15, 0.2) is 48.5 Å². The van der Waals surface area contributed by atoms with Gasteiger partial charge in [-0.2, -0.15) is 5.10 Å². The van der Waals surface area contributed by atoms with Crippen LogP contribution in [0, 0.1) is 13.8 Å². The van der Waals surface area contributed by atoms with Gasteiger partial charge in [-0.25, -0.2) is 14.6 Å². The quantitative estimate of drug-likeness (QED) is 0.450. The Balaban J connectivity index is 1.45. The van der Waals surface area contributed by atoms with E-state index in [1.165, 1.54) is 11.1 Å². The first-order valence-electron chi connectivity index (χ1n) is 11.4. The van der Waals surface area contributed by atoms with E-state index >= 15 is 0 Å². The van der Waals surface area contributed by atoms with E-state index < -0.39 is 0 Å². The number of aromatic nitrogens is 5. The Bertz CT molecular complexity index is 1190. The molecule has 0 unspecified atom stereocenters. The average Bonchev–Trinajstić information content (AvgIpc) is 3.35. The minimum atomic E-state index is 0.780. The monoisotopic (exact) mass is 430 g/mol. The molecule has 0 bridgehead atoms. The van der Waals surface area contributed by atoms with Crippen LogP contribution < -0.4 is 0 Å². The Hall–Kier alpha value is -3.03. The zero-order chi connectivity index (χ0) is 21.9. The van der Waals surface area contributed by atoms with Crippen molar-refractivity contribution < 1.29 is 4.74 Å². The molecule has 166 valence electrons. The third kappa shape index (κ3) is 4.45. The summed E-state index contributed by atoms with van der Waals surface area (Å²) in [6.45, 7) is 9.50. The molecule has 1 aliphatic rings. The lowest BCUT2D eigenvalue weighted by Crippen LogP contribution is -2.38. The Labute approximate surface area is 188 Å². The van der Waals surface area contributed by atoms with Crippen molar-refractivity contribution in [1.82, 2.24) is 29.2 Å². The molecule has 32 heavy (non-hydrogen) atoms. The Morgan fingerprint density at radius 3 is 2.47 bits per heavy atom. The molecule has 0 radical (unpaired) electrons. The van der Waals surface area contributed by atoms with Crippen molar-refractivity contribution in [2.75, 3.05) is 32.8 Å². The lowest BCUT2D eigenvalue weighted by atomic mass is 10.1. The van der Waals surface area contributed by atoms with Crippen molar-refractivity contribution in [2.24, 2.45) is 0 Å². The molecular formula is C25H30N6O. The lowest BCUT2D eigenvalue weighted by molar-refractivity contribution is 0.0364. The largest absolute Gasteiger partial charge is 0.379 e. The lowest BCUT2D eigenvalue weighted by Gasteiger charge is -2.27. The van der Waals surface area contributed by atoms with Crippen LogP contribution in [-0.4, -0.2) is 62.1 Å². The Morgan fingerprint density at radius 1 is 0.906 bits per heavy atom. The molecule has 3 heterocycles. The van der Waals surface area contributed by atoms with Crippen molar-refractivity contribution in [1.29, 1.82) is 0 Å². The SMILES string of the molecule is Cc1nc(C)n(-c2ccc3c(c2)nc(CCc2ccccc2)n3CCN2CCOCC2)n1. The summed E-state index contributed by atoms with van der Waals surface area (Å²) in [6.07, 6.45) is 1.90. The van der Waals surface area contributed by atoms with E-state index in [1.807, 2.05) is 18.5 Å². The van der Waals surface area contributed by atoms with Crippen molar-refractivity contribution in [3.63, 3.8) is 0 Å². The normalized spacial score (nSPS) is 14.9. The van der Waals surface area contributed by atoms with Crippen LogP contribution in [-0.2, 0) is 24.1 Å². The van der Waals surface area contributed by atoms with Gasteiger partial charge in [0.1, 0.15) is 17.5 Å². The predicted molar refractivity (Wildman–Crippen MR) is 125 cm³/mol. The Morgan fingerprint density at radius 2 is 1.72 bits per heavy atom. The van der Waals surface area contributed by atoms with Crippen molar-refractivity contribution in [3.05, 3.63) is 71.6 Å². The van der Waals surface area contributed by atoms with Gasteiger partial charge in [0.25, 0.3) is 0 Å². The highest BCUT2D eigenvalue weighted by molar-refractivity contribution is 5.78. The molecule has 1 fully saturated rings. The third-order valence-electron chi connectivity index (χ3n) is 6.15. The summed E-state index contributed by atoms with van der Waals surface area (Å²) >= 11 is 0. The van der Waals surface area contributed by atoms with Crippen LogP contribution in [0.5, 0.6) is 0 Å². The average molecular weight is 431 g/mol. The molecule has 0 aliphatic carbocycles. The van der Waals surface area contributed by atoms with Gasteiger partial charge < -0.3 is 9.30 Å². The molecule has 0 N–H and O–H groups in total. The van der Waals surface area contributed by atoms with Crippen molar-refractivity contribution in [2.45, 2.75) is 33.2 Å². The van der Waals surface area contributed by atoms with Crippen LogP contribution >= 0.6 is 0 Å². The van der Waals surface area contributed by atoms with Crippen molar-refractivity contribution in [3.8, 4) is 5.69 Å². The van der Waals surface area contributed by atoms with Crippen LogP contribution in [0.2, 0.25) is 0 Å². The fourth-order valence-corrected chi connectivity index (χ4v) is 4.47. The van der Waals surface area contributed by atoms with Gasteiger partial charge in [-0.3, -0.25) is 4.90 Å². The van der Waals surface area contributed by atoms with Crippen LogP contribution in [0.4, 0.5) is 0 Å². The highest BCUT2D eigenvalue weighted by atomic mass is 16.5. The molecule has 0 spiro atoms. The number of rotatable bonds is 7. The molecule has 7 heteroatoms. The van der Waals surface area contributed by atoms with E-state index in [1.54, 1.807) is 0 Å². The maximum Gasteiger partial charge on any atom is 0.148 e. The van der Waals surface area contributed by atoms with Crippen LogP contribution in [0.1, 0.15) is 23.0 Å². The topological polar surface area (TPSA) is 61.0 Å². The maximum absolute atomic E-state index is 5.51. The second kappa shape index (κ2) is 9.22. The summed E-state index contributed by atoms with van der Waals surface area (Å²) in [4.78, 5) is 12.0. The second-order valence-electron chi connectivity index (χ2n) is 8.41. The molecule has 2 aromatic heterocycles. The summed E-state index contributed by atoms with van der Waals surface area (Å²) in [5.74, 6) is 2.81. The maximum atomic E-state index is 5.51. The van der Waals surface area contributed by atoms with E-state index in [-0.39, 0.29) is 0 Å². The van der Waals surface area contributed by atoms with E-state index in [0.717, 1.165) is 80.9 Å². The van der Waals surface area contributed by atoms with Gasteiger partial charge in [0.15, 0.2) is 0 Å². The fraction of sp³-hybridized carbons (Fsp3) is 0.400. The van der Waals surface area contributed by atoms with E-state index in [4.69, 9.17) is 9.72 Å². The number of imidazole rings is 1. The number of hydrogen-bond acceptors (Lipinski definition) is 5. The first-order chi connectivity index (χ1) is 15.7. The van der Waals surface area contributed by atoms with E-state index in [0.29, 0.717) is 0 Å². The van der Waals surface area contributed by atoms with E-state index in [9.17, 15) is 0 Å². The number of hydrogen-bond donors (Lipinski definition) is 0. The van der Waals surface area contributed by atoms with Gasteiger partial charge in [0, 0.05) is 32.6 Å². The molecule has 4 aromatic rings. The van der Waals surface area contributed by atoms with Crippen LogP contribution in [0.3, 0.4) is 0 Å². The number of aryl methyl sites for hydroxylation is 4. The molecule has 0 saturated carbocycles. The Kier molecular flexibility index (Phi) is 6.01. The summed E-state index contributed by atoms with van der Waals surface area (Å²) in [6, 6.07) is 17.1. The number of fused-ring (bicyclic) bond motifs is 1. The summed E-state index contributed by atoms with van der Waals surface area (Å²) < 4.78 is 9.80. The third-order valence-corrected chi connectivity index (χ3v) is 6.15. The zero-order valence-corrected chi connectivity index (χ0v) is 18.9. The number of benzene rings is 2. The molecule has 0 atom stereocenters. The minimum Gasteiger partial charge on any atom is -0.379 e. The van der Waals surface area contributed by atoms with Gasteiger partial charge in [-0.15, -0.1) is 0 Å². The fourth-order valence-electron chi connectivity index (χ4n) is 4.47.